The molecule has 13 heteroatoms. The number of rotatable bonds is 12. The van der Waals surface area contributed by atoms with Crippen molar-refractivity contribution in [3.8, 4) is 0 Å². The largest absolute Gasteiger partial charge is 0.417 e. The Hall–Kier alpha value is -4.42. The number of alkyl halides is 3. The van der Waals surface area contributed by atoms with Crippen LogP contribution < -0.4 is 9.62 Å². The predicted molar refractivity (Wildman–Crippen MR) is 183 cm³/mol. The maximum atomic E-state index is 15.1. The highest BCUT2D eigenvalue weighted by molar-refractivity contribution is 7.92. The summed E-state index contributed by atoms with van der Waals surface area (Å²) >= 11 is 5.88. The summed E-state index contributed by atoms with van der Waals surface area (Å²) in [4.78, 5) is 29.4. The van der Waals surface area contributed by atoms with E-state index in [-0.39, 0.29) is 22.9 Å². The molecule has 1 aliphatic rings. The zero-order valence-corrected chi connectivity index (χ0v) is 28.7. The molecule has 0 radical (unpaired) electrons. The van der Waals surface area contributed by atoms with E-state index in [0.717, 1.165) is 48.3 Å². The van der Waals surface area contributed by atoms with Crippen molar-refractivity contribution in [2.45, 2.75) is 68.7 Å². The normalized spacial score (nSPS) is 14.3. The minimum atomic E-state index is -4.94. The Morgan fingerprint density at radius 2 is 1.56 bits per heavy atom. The molecule has 0 heterocycles. The van der Waals surface area contributed by atoms with Crippen molar-refractivity contribution in [2.75, 3.05) is 10.8 Å². The lowest BCUT2D eigenvalue weighted by Crippen LogP contribution is -2.54. The molecule has 1 fully saturated rings. The number of amides is 2. The number of nitrogens with zero attached hydrogens (tertiary/aromatic N) is 2. The van der Waals surface area contributed by atoms with Crippen LogP contribution in [0.15, 0.2) is 102 Å². The van der Waals surface area contributed by atoms with Gasteiger partial charge >= 0.3 is 6.18 Å². The molecular formula is C37H36ClF4N3O4S. The Balaban J connectivity index is 1.62. The smallest absolute Gasteiger partial charge is 0.352 e. The lowest BCUT2D eigenvalue weighted by Gasteiger charge is -2.34. The van der Waals surface area contributed by atoms with Gasteiger partial charge in [-0.15, -0.1) is 0 Å². The van der Waals surface area contributed by atoms with E-state index in [1.807, 2.05) is 0 Å². The monoisotopic (exact) mass is 729 g/mol. The zero-order chi connectivity index (χ0) is 36.1. The Bertz CT molecular complexity index is 1920. The molecule has 1 saturated carbocycles. The third-order valence-corrected chi connectivity index (χ3v) is 10.8. The summed E-state index contributed by atoms with van der Waals surface area (Å²) in [6, 6.07) is 21.3. The Kier molecular flexibility index (Phi) is 11.5. The molecule has 0 aromatic heterocycles. The molecule has 50 heavy (non-hydrogen) atoms. The van der Waals surface area contributed by atoms with Gasteiger partial charge in [0.1, 0.15) is 18.4 Å². The molecule has 7 nitrogen and oxygen atoms in total. The Morgan fingerprint density at radius 3 is 2.20 bits per heavy atom. The fourth-order valence-electron chi connectivity index (χ4n) is 5.98. The molecule has 4 aromatic carbocycles. The Morgan fingerprint density at radius 1 is 0.920 bits per heavy atom. The minimum Gasteiger partial charge on any atom is -0.352 e. The molecule has 0 aliphatic heterocycles. The third kappa shape index (κ3) is 8.83. The Labute approximate surface area is 293 Å². The molecule has 0 bridgehead atoms. The van der Waals surface area contributed by atoms with Gasteiger partial charge in [-0.1, -0.05) is 90.7 Å². The van der Waals surface area contributed by atoms with Crippen LogP contribution in [-0.2, 0) is 38.8 Å². The maximum absolute atomic E-state index is 15.1. The molecule has 2 amide bonds. The standard InChI is InChI=1S/C37H36ClF4N3O4S/c1-25-15-18-30(19-16-25)50(48,49)45(29-17-20-32(38)31(22-29)37(40,41)42)24-35(46)44(23-27-11-5-8-14-33(27)39)34(21-26-9-3-2-4-10-26)36(47)43-28-12-6-7-13-28/h2-5,8-11,14-20,22,28,34H,6-7,12-13,21,23-24H2,1H3,(H,43,47). The van der Waals surface area contributed by atoms with Crippen molar-refractivity contribution in [1.82, 2.24) is 10.2 Å². The molecule has 1 aliphatic carbocycles. The summed E-state index contributed by atoms with van der Waals surface area (Å²) in [5.74, 6) is -2.10. The molecule has 0 spiro atoms. The molecule has 264 valence electrons. The van der Waals surface area contributed by atoms with Crippen LogP contribution in [0.1, 0.15) is 47.9 Å². The van der Waals surface area contributed by atoms with Gasteiger partial charge in [0.05, 0.1) is 21.2 Å². The van der Waals surface area contributed by atoms with E-state index in [4.69, 9.17) is 11.6 Å². The number of aryl methyl sites for hydroxylation is 1. The SMILES string of the molecule is Cc1ccc(S(=O)(=O)N(CC(=O)N(Cc2ccccc2F)C(Cc2ccccc2)C(=O)NC2CCCC2)c2ccc(Cl)c(C(F)(F)F)c2)cc1. The van der Waals surface area contributed by atoms with Gasteiger partial charge in [-0.3, -0.25) is 13.9 Å². The van der Waals surface area contributed by atoms with E-state index >= 15 is 4.39 Å². The summed E-state index contributed by atoms with van der Waals surface area (Å²) in [6.07, 6.45) is -1.62. The fraction of sp³-hybridized carbons (Fsp3) is 0.297. The first kappa shape index (κ1) is 36.9. The number of benzene rings is 4. The average molecular weight is 730 g/mol. The lowest BCUT2D eigenvalue weighted by molar-refractivity contribution is -0.140. The van der Waals surface area contributed by atoms with E-state index in [9.17, 15) is 31.2 Å². The number of anilines is 1. The van der Waals surface area contributed by atoms with Gasteiger partial charge in [-0.2, -0.15) is 13.2 Å². The second-order valence-corrected chi connectivity index (χ2v) is 14.6. The van der Waals surface area contributed by atoms with Crippen LogP contribution in [0.5, 0.6) is 0 Å². The van der Waals surface area contributed by atoms with E-state index < -0.39 is 69.2 Å². The summed E-state index contributed by atoms with van der Waals surface area (Å²) in [6.45, 7) is 0.302. The van der Waals surface area contributed by atoms with E-state index in [0.29, 0.717) is 15.9 Å². The molecule has 5 rings (SSSR count). The number of carbonyl (C=O) groups is 2. The van der Waals surface area contributed by atoms with E-state index in [1.54, 1.807) is 43.3 Å². The van der Waals surface area contributed by atoms with Crippen molar-refractivity contribution in [3.05, 3.63) is 130 Å². The van der Waals surface area contributed by atoms with Gasteiger partial charge in [0.25, 0.3) is 10.0 Å². The summed E-state index contributed by atoms with van der Waals surface area (Å²) in [5.41, 5.74) is -0.301. The van der Waals surface area contributed by atoms with Crippen LogP contribution in [0.3, 0.4) is 0 Å². The minimum absolute atomic E-state index is 0.00344. The summed E-state index contributed by atoms with van der Waals surface area (Å²) in [5, 5.41) is 2.35. The summed E-state index contributed by atoms with van der Waals surface area (Å²) < 4.78 is 86.0. The van der Waals surface area contributed by atoms with Crippen LogP contribution in [0.2, 0.25) is 5.02 Å². The van der Waals surface area contributed by atoms with Gasteiger partial charge in [0, 0.05) is 24.6 Å². The molecule has 0 saturated heterocycles. The van der Waals surface area contributed by atoms with Crippen molar-refractivity contribution in [2.24, 2.45) is 0 Å². The number of sulfonamides is 1. The van der Waals surface area contributed by atoms with Gasteiger partial charge < -0.3 is 10.2 Å². The van der Waals surface area contributed by atoms with E-state index in [2.05, 4.69) is 5.32 Å². The van der Waals surface area contributed by atoms with Crippen LogP contribution in [-0.4, -0.2) is 43.8 Å². The van der Waals surface area contributed by atoms with Gasteiger partial charge in [0.15, 0.2) is 0 Å². The van der Waals surface area contributed by atoms with Gasteiger partial charge in [-0.05, 0) is 61.7 Å². The van der Waals surface area contributed by atoms with Crippen molar-refractivity contribution < 1.29 is 35.6 Å². The van der Waals surface area contributed by atoms with Crippen molar-refractivity contribution >= 4 is 39.1 Å². The van der Waals surface area contributed by atoms with Crippen molar-refractivity contribution in [1.29, 1.82) is 0 Å². The lowest BCUT2D eigenvalue weighted by atomic mass is 10.0. The highest BCUT2D eigenvalue weighted by Crippen LogP contribution is 2.38. The molecule has 1 atom stereocenters. The van der Waals surface area contributed by atoms with Crippen molar-refractivity contribution in [3.63, 3.8) is 0 Å². The first-order chi connectivity index (χ1) is 23.7. The predicted octanol–water partition coefficient (Wildman–Crippen LogP) is 7.70. The number of hydrogen-bond acceptors (Lipinski definition) is 4. The topological polar surface area (TPSA) is 86.8 Å². The first-order valence-corrected chi connectivity index (χ1v) is 17.9. The molecular weight excluding hydrogens is 694 g/mol. The maximum Gasteiger partial charge on any atom is 0.417 e. The summed E-state index contributed by atoms with van der Waals surface area (Å²) in [7, 11) is -4.68. The number of carbonyl (C=O) groups excluding carboxylic acids is 2. The molecule has 1 N–H and O–H groups in total. The highest BCUT2D eigenvalue weighted by atomic mass is 35.5. The molecule has 4 aromatic rings. The van der Waals surface area contributed by atoms with Crippen LogP contribution in [0.4, 0.5) is 23.2 Å². The van der Waals surface area contributed by atoms with Crippen LogP contribution in [0, 0.1) is 12.7 Å². The zero-order valence-electron chi connectivity index (χ0n) is 27.2. The van der Waals surface area contributed by atoms with Crippen LogP contribution >= 0.6 is 11.6 Å². The van der Waals surface area contributed by atoms with Crippen LogP contribution in [0.25, 0.3) is 0 Å². The number of nitrogens with one attached hydrogen (secondary N) is 1. The van der Waals surface area contributed by atoms with Gasteiger partial charge in [-0.25, -0.2) is 12.8 Å². The van der Waals surface area contributed by atoms with Gasteiger partial charge in [0.2, 0.25) is 11.8 Å². The van der Waals surface area contributed by atoms with E-state index in [1.165, 1.54) is 42.5 Å². The first-order valence-electron chi connectivity index (χ1n) is 16.1. The fourth-order valence-corrected chi connectivity index (χ4v) is 7.61. The second-order valence-electron chi connectivity index (χ2n) is 12.3. The number of hydrogen-bond donors (Lipinski definition) is 1. The average Bonchev–Trinajstić information content (AvgIpc) is 3.59. The quantitative estimate of drug-likeness (QED) is 0.152. The molecule has 1 unspecified atom stereocenters. The second kappa shape index (κ2) is 15.6. The third-order valence-electron chi connectivity index (χ3n) is 8.70. The number of halogens is 5. The highest BCUT2D eigenvalue weighted by Gasteiger charge is 2.38.